The number of carbonyl (C=O) groups is 1. The van der Waals surface area contributed by atoms with Gasteiger partial charge < -0.3 is 15.4 Å². The Morgan fingerprint density at radius 3 is 2.41 bits per heavy atom. The van der Waals surface area contributed by atoms with E-state index >= 15 is 0 Å². The Balaban J connectivity index is 1.54. The van der Waals surface area contributed by atoms with Crippen LogP contribution in [0.1, 0.15) is 17.7 Å². The smallest absolute Gasteiger partial charge is 0.242 e. The first-order valence-corrected chi connectivity index (χ1v) is 11.8. The molecule has 0 aliphatic heterocycles. The van der Waals surface area contributed by atoms with Crippen LogP contribution < -0.4 is 15.4 Å². The number of thioether (sulfide) groups is 1. The average Bonchev–Trinajstić information content (AvgIpc) is 3.27. The molecule has 2 N–H and O–H groups in total. The average molecular weight is 463 g/mol. The molecule has 1 aromatic heterocycles. The summed E-state index contributed by atoms with van der Waals surface area (Å²) < 4.78 is 6.35. The van der Waals surface area contributed by atoms with Crippen LogP contribution in [-0.2, 0) is 4.79 Å². The highest BCUT2D eigenvalue weighted by Gasteiger charge is 2.25. The van der Waals surface area contributed by atoms with Crippen molar-refractivity contribution < 1.29 is 9.53 Å². The number of hydrogen-bond acceptors (Lipinski definition) is 7. The van der Waals surface area contributed by atoms with Crippen molar-refractivity contribution in [3.63, 3.8) is 0 Å². The molecule has 162 valence electrons. The number of anilines is 3. The number of aromatic nitrogens is 2. The van der Waals surface area contributed by atoms with Crippen LogP contribution in [0.4, 0.5) is 16.5 Å². The first-order valence-electron chi connectivity index (χ1n) is 10.1. The molecule has 0 aliphatic rings. The normalized spacial score (nSPS) is 11.5. The van der Waals surface area contributed by atoms with Gasteiger partial charge in [0.1, 0.15) is 11.0 Å². The van der Waals surface area contributed by atoms with E-state index in [0.29, 0.717) is 27.5 Å². The number of nitrogens with zero attached hydrogens (tertiary/aromatic N) is 2. The lowest BCUT2D eigenvalue weighted by Gasteiger charge is -2.17. The zero-order valence-corrected chi connectivity index (χ0v) is 19.0. The Kier molecular flexibility index (Phi) is 7.37. The van der Waals surface area contributed by atoms with Crippen molar-refractivity contribution in [2.45, 2.75) is 16.5 Å². The van der Waals surface area contributed by atoms with Crippen molar-refractivity contribution >= 4 is 45.5 Å². The standard InChI is InChI=1S/C24H22N4O2S2/c1-2-30-20-16-10-9-15-19(20)26-22(29)21(17-11-5-3-6-12-17)31-24-28-27-23(32-24)25-18-13-7-4-8-14-18/h3-16,21H,2H2,1H3,(H,25,27)(H,26,29). The van der Waals surface area contributed by atoms with Gasteiger partial charge in [-0.25, -0.2) is 0 Å². The molecule has 1 amide bonds. The fourth-order valence-corrected chi connectivity index (χ4v) is 4.97. The van der Waals surface area contributed by atoms with E-state index in [4.69, 9.17) is 4.74 Å². The van der Waals surface area contributed by atoms with Crippen molar-refractivity contribution in [1.29, 1.82) is 0 Å². The van der Waals surface area contributed by atoms with E-state index in [1.807, 2.05) is 91.9 Å². The molecule has 1 unspecified atom stereocenters. The molecular formula is C24H22N4O2S2. The number of benzene rings is 3. The van der Waals surface area contributed by atoms with Crippen LogP contribution >= 0.6 is 23.1 Å². The molecule has 0 aliphatic carbocycles. The monoisotopic (exact) mass is 462 g/mol. The molecule has 4 rings (SSSR count). The van der Waals surface area contributed by atoms with Crippen molar-refractivity contribution in [3.05, 3.63) is 90.5 Å². The van der Waals surface area contributed by atoms with Gasteiger partial charge in [0.05, 0.1) is 12.3 Å². The number of amides is 1. The summed E-state index contributed by atoms with van der Waals surface area (Å²) in [6.07, 6.45) is 0. The van der Waals surface area contributed by atoms with Gasteiger partial charge in [-0.3, -0.25) is 4.79 Å². The third-order valence-electron chi connectivity index (χ3n) is 4.44. The fraction of sp³-hybridized carbons (Fsp3) is 0.125. The Morgan fingerprint density at radius 2 is 1.66 bits per heavy atom. The molecule has 1 heterocycles. The van der Waals surface area contributed by atoms with Crippen LogP contribution in [0.5, 0.6) is 5.75 Å². The van der Waals surface area contributed by atoms with Gasteiger partial charge in [0.15, 0.2) is 4.34 Å². The lowest BCUT2D eigenvalue weighted by Crippen LogP contribution is -2.19. The minimum absolute atomic E-state index is 0.152. The van der Waals surface area contributed by atoms with E-state index in [-0.39, 0.29) is 5.91 Å². The molecule has 0 radical (unpaired) electrons. The highest BCUT2D eigenvalue weighted by Crippen LogP contribution is 2.39. The maximum Gasteiger partial charge on any atom is 0.242 e. The van der Waals surface area contributed by atoms with Crippen LogP contribution in [0.25, 0.3) is 0 Å². The summed E-state index contributed by atoms with van der Waals surface area (Å²) in [5.41, 5.74) is 2.46. The number of ether oxygens (including phenoxy) is 1. The minimum atomic E-state index is -0.497. The summed E-state index contributed by atoms with van der Waals surface area (Å²) >= 11 is 2.78. The van der Waals surface area contributed by atoms with Gasteiger partial charge in [-0.1, -0.05) is 83.8 Å². The van der Waals surface area contributed by atoms with E-state index in [9.17, 15) is 4.79 Å². The van der Waals surface area contributed by atoms with Gasteiger partial charge in [0.2, 0.25) is 11.0 Å². The highest BCUT2D eigenvalue weighted by atomic mass is 32.2. The van der Waals surface area contributed by atoms with Crippen LogP contribution in [-0.4, -0.2) is 22.7 Å². The molecule has 3 aromatic carbocycles. The van der Waals surface area contributed by atoms with Gasteiger partial charge >= 0.3 is 0 Å². The molecule has 0 saturated heterocycles. The maximum absolute atomic E-state index is 13.3. The van der Waals surface area contributed by atoms with E-state index in [1.165, 1.54) is 23.1 Å². The van der Waals surface area contributed by atoms with E-state index < -0.39 is 5.25 Å². The minimum Gasteiger partial charge on any atom is -0.492 e. The third kappa shape index (κ3) is 5.66. The van der Waals surface area contributed by atoms with E-state index in [2.05, 4.69) is 20.8 Å². The van der Waals surface area contributed by atoms with Gasteiger partial charge in [-0.15, -0.1) is 10.2 Å². The number of nitrogens with one attached hydrogen (secondary N) is 2. The van der Waals surface area contributed by atoms with Crippen molar-refractivity contribution in [1.82, 2.24) is 10.2 Å². The summed E-state index contributed by atoms with van der Waals surface area (Å²) in [4.78, 5) is 13.3. The molecule has 0 fully saturated rings. The molecule has 0 saturated carbocycles. The zero-order chi connectivity index (χ0) is 22.2. The quantitative estimate of drug-likeness (QED) is 0.291. The van der Waals surface area contributed by atoms with Gasteiger partial charge in [0.25, 0.3) is 0 Å². The first-order chi connectivity index (χ1) is 15.7. The molecule has 1 atom stereocenters. The van der Waals surface area contributed by atoms with Gasteiger partial charge in [-0.05, 0) is 36.8 Å². The summed E-state index contributed by atoms with van der Waals surface area (Å²) in [6.45, 7) is 2.43. The van der Waals surface area contributed by atoms with E-state index in [1.54, 1.807) is 0 Å². The Morgan fingerprint density at radius 1 is 0.969 bits per heavy atom. The molecule has 6 nitrogen and oxygen atoms in total. The summed E-state index contributed by atoms with van der Waals surface area (Å²) in [6, 6.07) is 26.9. The third-order valence-corrected chi connectivity index (χ3v) is 6.61. The second-order valence-electron chi connectivity index (χ2n) is 6.69. The van der Waals surface area contributed by atoms with Crippen molar-refractivity contribution in [2.75, 3.05) is 17.2 Å². The predicted molar refractivity (Wildman–Crippen MR) is 131 cm³/mol. The Hall–Kier alpha value is -3.36. The summed E-state index contributed by atoms with van der Waals surface area (Å²) in [5.74, 6) is 0.492. The first kappa shape index (κ1) is 21.9. The molecule has 0 bridgehead atoms. The van der Waals surface area contributed by atoms with Crippen LogP contribution in [0, 0.1) is 0 Å². The number of hydrogen-bond donors (Lipinski definition) is 2. The molecule has 32 heavy (non-hydrogen) atoms. The lowest BCUT2D eigenvalue weighted by atomic mass is 10.1. The fourth-order valence-electron chi connectivity index (χ4n) is 3.00. The Labute approximate surface area is 195 Å². The highest BCUT2D eigenvalue weighted by molar-refractivity contribution is 8.02. The number of para-hydroxylation sites is 3. The summed E-state index contributed by atoms with van der Waals surface area (Å²) in [7, 11) is 0. The lowest BCUT2D eigenvalue weighted by molar-refractivity contribution is -0.115. The number of rotatable bonds is 9. The second-order valence-corrected chi connectivity index (χ2v) is 9.02. The zero-order valence-electron chi connectivity index (χ0n) is 17.4. The molecule has 8 heteroatoms. The molecular weight excluding hydrogens is 440 g/mol. The maximum atomic E-state index is 13.3. The van der Waals surface area contributed by atoms with E-state index in [0.717, 1.165) is 11.3 Å². The van der Waals surface area contributed by atoms with Gasteiger partial charge in [-0.2, -0.15) is 0 Å². The molecule has 4 aromatic rings. The SMILES string of the molecule is CCOc1ccccc1NC(=O)C(Sc1nnc(Nc2ccccc2)s1)c1ccccc1. The van der Waals surface area contributed by atoms with Crippen LogP contribution in [0.15, 0.2) is 89.3 Å². The number of carbonyl (C=O) groups excluding carboxylic acids is 1. The second kappa shape index (κ2) is 10.8. The summed E-state index contributed by atoms with van der Waals surface area (Å²) in [5, 5.41) is 14.9. The topological polar surface area (TPSA) is 76.1 Å². The predicted octanol–water partition coefficient (Wildman–Crippen LogP) is 6.15. The van der Waals surface area contributed by atoms with Crippen LogP contribution in [0.2, 0.25) is 0 Å². The molecule has 0 spiro atoms. The van der Waals surface area contributed by atoms with Gasteiger partial charge in [0, 0.05) is 5.69 Å². The van der Waals surface area contributed by atoms with Crippen molar-refractivity contribution in [3.8, 4) is 5.75 Å². The largest absolute Gasteiger partial charge is 0.492 e. The Bertz CT molecular complexity index is 1150. The van der Waals surface area contributed by atoms with Crippen molar-refractivity contribution in [2.24, 2.45) is 0 Å². The van der Waals surface area contributed by atoms with Crippen LogP contribution in [0.3, 0.4) is 0 Å².